The van der Waals surface area contributed by atoms with Gasteiger partial charge >= 0.3 is 0 Å². The van der Waals surface area contributed by atoms with Gasteiger partial charge < -0.3 is 0 Å². The van der Waals surface area contributed by atoms with Crippen molar-refractivity contribution in [1.82, 2.24) is 14.2 Å². The van der Waals surface area contributed by atoms with Crippen LogP contribution in [0.15, 0.2) is 12.4 Å². The molecule has 2 rings (SSSR count). The lowest BCUT2D eigenvalue weighted by atomic mass is 9.91. The molecule has 0 bridgehead atoms. The average molecular weight is 228 g/mol. The van der Waals surface area contributed by atoms with Crippen molar-refractivity contribution in [3.8, 4) is 0 Å². The molecule has 1 saturated heterocycles. The minimum absolute atomic E-state index is 0.115. The summed E-state index contributed by atoms with van der Waals surface area (Å²) in [5.41, 5.74) is 0.713. The van der Waals surface area contributed by atoms with Gasteiger partial charge in [0.1, 0.15) is 0 Å². The van der Waals surface area contributed by atoms with Crippen LogP contribution in [-0.2, 0) is 7.05 Å². The van der Waals surface area contributed by atoms with Crippen molar-refractivity contribution < 1.29 is 4.79 Å². The topological polar surface area (TPSA) is 38.1 Å². The van der Waals surface area contributed by atoms with E-state index >= 15 is 0 Å². The first-order chi connectivity index (χ1) is 7.16. The van der Waals surface area contributed by atoms with Gasteiger partial charge in [0.2, 0.25) is 0 Å². The predicted octanol–water partition coefficient (Wildman–Crippen LogP) is 1.47. The Labute approximate surface area is 93.9 Å². The molecule has 1 aromatic heterocycles. The fourth-order valence-electron chi connectivity index (χ4n) is 1.89. The molecule has 0 saturated carbocycles. The van der Waals surface area contributed by atoms with Gasteiger partial charge in [0.05, 0.1) is 11.8 Å². The molecular formula is C10H14ClN3O. The summed E-state index contributed by atoms with van der Waals surface area (Å²) in [4.78, 5) is 12.0. The zero-order valence-electron chi connectivity index (χ0n) is 8.69. The third-order valence-electron chi connectivity index (χ3n) is 2.80. The van der Waals surface area contributed by atoms with Crippen molar-refractivity contribution in [2.45, 2.75) is 12.8 Å². The van der Waals surface area contributed by atoms with Gasteiger partial charge in [-0.05, 0) is 24.6 Å². The van der Waals surface area contributed by atoms with Crippen LogP contribution in [0.3, 0.4) is 0 Å². The first-order valence-corrected chi connectivity index (χ1v) is 5.44. The van der Waals surface area contributed by atoms with Crippen molar-refractivity contribution in [3.63, 3.8) is 0 Å². The number of rotatable bonds is 2. The number of hydrogen-bond acceptors (Lipinski definition) is 3. The second-order valence-corrected chi connectivity index (χ2v) is 4.43. The van der Waals surface area contributed by atoms with Gasteiger partial charge in [-0.1, -0.05) is 0 Å². The van der Waals surface area contributed by atoms with Crippen LogP contribution in [0.25, 0.3) is 0 Å². The number of aryl methyl sites for hydroxylation is 1. The Morgan fingerprint density at radius 3 is 2.73 bits per heavy atom. The number of piperidine rings is 1. The Bertz CT molecular complexity index is 355. The van der Waals surface area contributed by atoms with Crippen molar-refractivity contribution >= 4 is 17.6 Å². The van der Waals surface area contributed by atoms with Gasteiger partial charge in [0.25, 0.3) is 0 Å². The second kappa shape index (κ2) is 4.33. The molecule has 1 aliphatic rings. The lowest BCUT2D eigenvalue weighted by molar-refractivity contribution is 0.0876. The zero-order chi connectivity index (χ0) is 10.8. The Balaban J connectivity index is 2.02. The number of hydrogen-bond donors (Lipinski definition) is 0. The molecular weight excluding hydrogens is 214 g/mol. The summed E-state index contributed by atoms with van der Waals surface area (Å²) in [7, 11) is 1.82. The molecule has 0 spiro atoms. The Morgan fingerprint density at radius 2 is 2.20 bits per heavy atom. The maximum Gasteiger partial charge on any atom is 0.169 e. The zero-order valence-corrected chi connectivity index (χ0v) is 9.44. The molecule has 0 unspecified atom stereocenters. The van der Waals surface area contributed by atoms with Gasteiger partial charge in [-0.15, -0.1) is 0 Å². The number of ketones is 1. The number of halogens is 1. The maximum atomic E-state index is 12.0. The fourth-order valence-corrected chi connectivity index (χ4v) is 2.09. The summed E-state index contributed by atoms with van der Waals surface area (Å²) < 4.78 is 3.40. The van der Waals surface area contributed by atoms with Crippen molar-refractivity contribution in [2.75, 3.05) is 13.1 Å². The first kappa shape index (κ1) is 10.6. The van der Waals surface area contributed by atoms with E-state index in [2.05, 4.69) is 5.10 Å². The third-order valence-corrected chi connectivity index (χ3v) is 3.14. The highest BCUT2D eigenvalue weighted by Gasteiger charge is 2.25. The summed E-state index contributed by atoms with van der Waals surface area (Å²) >= 11 is 5.84. The summed E-state index contributed by atoms with van der Waals surface area (Å²) in [5.74, 6) is 0.317. The number of Topliss-reactive ketones (excluding diaryl/α,β-unsaturated/α-hetero) is 1. The highest BCUT2D eigenvalue weighted by atomic mass is 35.5. The molecule has 0 N–H and O–H groups in total. The number of carbonyl (C=O) groups excluding carboxylic acids is 1. The van der Waals surface area contributed by atoms with Crippen LogP contribution >= 0.6 is 11.8 Å². The number of nitrogens with zero attached hydrogens (tertiary/aromatic N) is 3. The van der Waals surface area contributed by atoms with E-state index in [1.165, 1.54) is 0 Å². The van der Waals surface area contributed by atoms with E-state index in [1.54, 1.807) is 21.5 Å². The van der Waals surface area contributed by atoms with Crippen molar-refractivity contribution in [2.24, 2.45) is 13.0 Å². The molecule has 0 aliphatic carbocycles. The maximum absolute atomic E-state index is 12.0. The number of carbonyl (C=O) groups is 1. The minimum Gasteiger partial charge on any atom is -0.294 e. The van der Waals surface area contributed by atoms with E-state index in [0.29, 0.717) is 5.56 Å². The summed E-state index contributed by atoms with van der Waals surface area (Å²) in [5, 5.41) is 4.01. The Kier molecular flexibility index (Phi) is 3.07. The summed E-state index contributed by atoms with van der Waals surface area (Å²) in [6.07, 6.45) is 5.10. The van der Waals surface area contributed by atoms with E-state index in [4.69, 9.17) is 11.8 Å². The lowest BCUT2D eigenvalue weighted by Crippen LogP contribution is -2.30. The first-order valence-electron chi connectivity index (χ1n) is 5.10. The average Bonchev–Trinajstić information content (AvgIpc) is 2.65. The van der Waals surface area contributed by atoms with Crippen LogP contribution in [-0.4, -0.2) is 33.1 Å². The van der Waals surface area contributed by atoms with Crippen LogP contribution in [0.5, 0.6) is 0 Å². The van der Waals surface area contributed by atoms with Crippen LogP contribution in [0.4, 0.5) is 0 Å². The molecule has 1 aromatic rings. The van der Waals surface area contributed by atoms with Gasteiger partial charge in [0, 0.05) is 32.3 Å². The van der Waals surface area contributed by atoms with Crippen LogP contribution in [0.1, 0.15) is 23.2 Å². The molecule has 0 atom stereocenters. The van der Waals surface area contributed by atoms with Crippen molar-refractivity contribution in [1.29, 1.82) is 0 Å². The molecule has 1 fully saturated rings. The normalized spacial score (nSPS) is 19.3. The summed E-state index contributed by atoms with van der Waals surface area (Å²) in [6, 6.07) is 0. The van der Waals surface area contributed by atoms with E-state index in [1.807, 2.05) is 7.05 Å². The van der Waals surface area contributed by atoms with Gasteiger partial charge in [-0.25, -0.2) is 4.42 Å². The standard InChI is InChI=1S/C10H14ClN3O/c1-13-7-9(6-12-13)10(15)8-2-4-14(11)5-3-8/h6-8H,2-5H2,1H3. The molecule has 1 aliphatic heterocycles. The fraction of sp³-hybridized carbons (Fsp3) is 0.600. The van der Waals surface area contributed by atoms with Gasteiger partial charge in [-0.2, -0.15) is 5.10 Å². The highest BCUT2D eigenvalue weighted by molar-refractivity contribution is 6.13. The molecule has 5 heteroatoms. The predicted molar refractivity (Wildman–Crippen MR) is 57.7 cm³/mol. The van der Waals surface area contributed by atoms with Crippen LogP contribution < -0.4 is 0 Å². The number of aromatic nitrogens is 2. The largest absolute Gasteiger partial charge is 0.294 e. The molecule has 0 aromatic carbocycles. The SMILES string of the molecule is Cn1cc(C(=O)C2CCN(Cl)CC2)cn1. The quantitative estimate of drug-likeness (QED) is 0.567. The molecule has 0 amide bonds. The van der Waals surface area contributed by atoms with Crippen LogP contribution in [0, 0.1) is 5.92 Å². The van der Waals surface area contributed by atoms with Crippen molar-refractivity contribution in [3.05, 3.63) is 18.0 Å². The van der Waals surface area contributed by atoms with E-state index in [-0.39, 0.29) is 11.7 Å². The molecule has 2 heterocycles. The Morgan fingerprint density at radius 1 is 1.53 bits per heavy atom. The lowest BCUT2D eigenvalue weighted by Gasteiger charge is -2.25. The van der Waals surface area contributed by atoms with E-state index in [9.17, 15) is 4.79 Å². The van der Waals surface area contributed by atoms with Gasteiger partial charge in [-0.3, -0.25) is 9.48 Å². The monoisotopic (exact) mass is 227 g/mol. The summed E-state index contributed by atoms with van der Waals surface area (Å²) in [6.45, 7) is 1.58. The van der Waals surface area contributed by atoms with Gasteiger partial charge in [0.15, 0.2) is 5.78 Å². The van der Waals surface area contributed by atoms with E-state index < -0.39 is 0 Å². The molecule has 82 valence electrons. The molecule has 15 heavy (non-hydrogen) atoms. The molecule has 0 radical (unpaired) electrons. The minimum atomic E-state index is 0.115. The Hall–Kier alpha value is -0.870. The molecule has 4 nitrogen and oxygen atoms in total. The van der Waals surface area contributed by atoms with Crippen LogP contribution in [0.2, 0.25) is 0 Å². The third kappa shape index (κ3) is 2.38. The highest BCUT2D eigenvalue weighted by Crippen LogP contribution is 2.22. The van der Waals surface area contributed by atoms with E-state index in [0.717, 1.165) is 25.9 Å². The smallest absolute Gasteiger partial charge is 0.169 e. The second-order valence-electron chi connectivity index (χ2n) is 3.95.